The van der Waals surface area contributed by atoms with Gasteiger partial charge >= 0.3 is 6.36 Å². The zero-order valence-electron chi connectivity index (χ0n) is 10.8. The second-order valence-electron chi connectivity index (χ2n) is 4.85. The molecule has 1 aliphatic carbocycles. The lowest BCUT2D eigenvalue weighted by Crippen LogP contribution is -2.31. The summed E-state index contributed by atoms with van der Waals surface area (Å²) in [6.07, 6.45) is -1.86. The van der Waals surface area contributed by atoms with Crippen molar-refractivity contribution in [3.8, 4) is 11.8 Å². The first kappa shape index (κ1) is 14.7. The van der Waals surface area contributed by atoms with Crippen LogP contribution in [-0.4, -0.2) is 12.4 Å². The van der Waals surface area contributed by atoms with Crippen LogP contribution in [0.2, 0.25) is 0 Å². The zero-order valence-corrected chi connectivity index (χ0v) is 10.8. The van der Waals surface area contributed by atoms with Gasteiger partial charge in [-0.2, -0.15) is 5.26 Å². The first-order chi connectivity index (χ1) is 9.48. The molecule has 0 spiro atoms. The molecule has 108 valence electrons. The average molecular weight is 284 g/mol. The molecule has 0 heterocycles. The summed E-state index contributed by atoms with van der Waals surface area (Å²) in [5.41, 5.74) is 0.704. The normalized spacial score (nSPS) is 22.5. The van der Waals surface area contributed by atoms with E-state index in [9.17, 15) is 13.2 Å². The van der Waals surface area contributed by atoms with Gasteiger partial charge in [0.05, 0.1) is 12.0 Å². The third-order valence-electron chi connectivity index (χ3n) is 3.38. The van der Waals surface area contributed by atoms with Crippen molar-refractivity contribution in [3.05, 3.63) is 29.8 Å². The number of alkyl halides is 3. The summed E-state index contributed by atoms with van der Waals surface area (Å²) >= 11 is 0. The van der Waals surface area contributed by atoms with Gasteiger partial charge in [0.15, 0.2) is 0 Å². The molecular weight excluding hydrogens is 269 g/mol. The van der Waals surface area contributed by atoms with Gasteiger partial charge in [-0.1, -0.05) is 18.6 Å². The maximum Gasteiger partial charge on any atom is 0.573 e. The van der Waals surface area contributed by atoms with Gasteiger partial charge < -0.3 is 10.1 Å². The molecule has 1 saturated carbocycles. The Labute approximate surface area is 115 Å². The van der Waals surface area contributed by atoms with Gasteiger partial charge in [-0.3, -0.25) is 0 Å². The van der Waals surface area contributed by atoms with E-state index in [1.54, 1.807) is 6.07 Å². The fourth-order valence-corrected chi connectivity index (χ4v) is 2.46. The van der Waals surface area contributed by atoms with Crippen LogP contribution in [0.1, 0.15) is 24.8 Å². The number of nitrogens with zero attached hydrogens (tertiary/aromatic N) is 1. The minimum atomic E-state index is -4.68. The molecule has 3 nitrogen and oxygen atoms in total. The van der Waals surface area contributed by atoms with Crippen molar-refractivity contribution in [2.45, 2.75) is 38.2 Å². The van der Waals surface area contributed by atoms with E-state index in [-0.39, 0.29) is 17.7 Å². The Morgan fingerprint density at radius 3 is 2.85 bits per heavy atom. The minimum absolute atomic E-state index is 0.00962. The van der Waals surface area contributed by atoms with E-state index in [0.29, 0.717) is 12.1 Å². The lowest BCUT2D eigenvalue weighted by Gasteiger charge is -2.16. The lowest BCUT2D eigenvalue weighted by molar-refractivity contribution is -0.274. The van der Waals surface area contributed by atoms with Gasteiger partial charge in [0.2, 0.25) is 0 Å². The molecule has 0 bridgehead atoms. The average Bonchev–Trinajstić information content (AvgIpc) is 2.82. The molecule has 1 aromatic rings. The highest BCUT2D eigenvalue weighted by atomic mass is 19.4. The Hall–Kier alpha value is -1.74. The number of nitrogens with one attached hydrogen (secondary N) is 1. The van der Waals surface area contributed by atoms with Crippen LogP contribution in [0.4, 0.5) is 13.2 Å². The summed E-state index contributed by atoms with van der Waals surface area (Å²) < 4.78 is 40.3. The molecule has 1 N–H and O–H groups in total. The number of nitriles is 1. The molecule has 0 radical (unpaired) electrons. The van der Waals surface area contributed by atoms with Crippen LogP contribution in [0, 0.1) is 17.2 Å². The predicted molar refractivity (Wildman–Crippen MR) is 66.7 cm³/mol. The molecular formula is C14H15F3N2O. The standard InChI is InChI=1S/C14H15F3N2O/c15-14(16,17)20-12-5-1-3-10(7-12)9-19-13-6-2-4-11(13)8-18/h1,3,5,7,11,13,19H,2,4,6,9H2. The van der Waals surface area contributed by atoms with Gasteiger partial charge in [-0.15, -0.1) is 13.2 Å². The van der Waals surface area contributed by atoms with E-state index in [2.05, 4.69) is 16.1 Å². The van der Waals surface area contributed by atoms with Crippen LogP contribution in [0.5, 0.6) is 5.75 Å². The highest BCUT2D eigenvalue weighted by molar-refractivity contribution is 5.28. The van der Waals surface area contributed by atoms with Gasteiger partial charge in [0, 0.05) is 12.6 Å². The van der Waals surface area contributed by atoms with Crippen LogP contribution in [0.15, 0.2) is 24.3 Å². The topological polar surface area (TPSA) is 45.0 Å². The van der Waals surface area contributed by atoms with Crippen molar-refractivity contribution in [1.82, 2.24) is 5.32 Å². The second-order valence-corrected chi connectivity index (χ2v) is 4.85. The Bertz CT molecular complexity index is 496. The Morgan fingerprint density at radius 1 is 1.35 bits per heavy atom. The molecule has 2 rings (SSSR count). The maximum absolute atomic E-state index is 12.1. The van der Waals surface area contributed by atoms with E-state index >= 15 is 0 Å². The van der Waals surface area contributed by atoms with E-state index in [1.807, 2.05) is 0 Å². The van der Waals surface area contributed by atoms with Gasteiger partial charge in [0.1, 0.15) is 5.75 Å². The van der Waals surface area contributed by atoms with Crippen LogP contribution >= 0.6 is 0 Å². The molecule has 6 heteroatoms. The SMILES string of the molecule is N#CC1CCCC1NCc1cccc(OC(F)(F)F)c1. The number of hydrogen-bond acceptors (Lipinski definition) is 3. The molecule has 2 atom stereocenters. The van der Waals surface area contributed by atoms with E-state index in [0.717, 1.165) is 19.3 Å². The van der Waals surface area contributed by atoms with Crippen LogP contribution < -0.4 is 10.1 Å². The first-order valence-electron chi connectivity index (χ1n) is 6.45. The number of benzene rings is 1. The monoisotopic (exact) mass is 284 g/mol. The number of ether oxygens (including phenoxy) is 1. The van der Waals surface area contributed by atoms with Crippen molar-refractivity contribution in [2.75, 3.05) is 0 Å². The van der Waals surface area contributed by atoms with E-state index in [1.165, 1.54) is 18.2 Å². The Balaban J connectivity index is 1.93. The van der Waals surface area contributed by atoms with Crippen molar-refractivity contribution in [2.24, 2.45) is 5.92 Å². The fourth-order valence-electron chi connectivity index (χ4n) is 2.46. The largest absolute Gasteiger partial charge is 0.573 e. The van der Waals surface area contributed by atoms with Crippen LogP contribution in [0.3, 0.4) is 0 Å². The van der Waals surface area contributed by atoms with Crippen molar-refractivity contribution >= 4 is 0 Å². The first-order valence-corrected chi connectivity index (χ1v) is 6.45. The minimum Gasteiger partial charge on any atom is -0.406 e. The summed E-state index contributed by atoms with van der Waals surface area (Å²) in [5.74, 6) is -0.232. The number of halogens is 3. The molecule has 0 aliphatic heterocycles. The highest BCUT2D eigenvalue weighted by Gasteiger charge is 2.31. The summed E-state index contributed by atoms with van der Waals surface area (Å²) in [7, 11) is 0. The Morgan fingerprint density at radius 2 is 2.15 bits per heavy atom. The number of rotatable bonds is 4. The summed E-state index contributed by atoms with van der Waals surface area (Å²) in [6, 6.07) is 8.25. The van der Waals surface area contributed by atoms with Gasteiger partial charge in [-0.25, -0.2) is 0 Å². The molecule has 2 unspecified atom stereocenters. The Kier molecular flexibility index (Phi) is 4.50. The molecule has 1 aliphatic rings. The maximum atomic E-state index is 12.1. The lowest BCUT2D eigenvalue weighted by atomic mass is 10.1. The summed E-state index contributed by atoms with van der Waals surface area (Å²) in [4.78, 5) is 0. The second kappa shape index (κ2) is 6.14. The number of hydrogen-bond donors (Lipinski definition) is 1. The molecule has 0 saturated heterocycles. The smallest absolute Gasteiger partial charge is 0.406 e. The van der Waals surface area contributed by atoms with Crippen molar-refractivity contribution in [3.63, 3.8) is 0 Å². The summed E-state index contributed by atoms with van der Waals surface area (Å²) in [6.45, 7) is 0.428. The zero-order chi connectivity index (χ0) is 14.6. The van der Waals surface area contributed by atoms with Gasteiger partial charge in [0.25, 0.3) is 0 Å². The third kappa shape index (κ3) is 4.14. The predicted octanol–water partition coefficient (Wildman–Crippen LogP) is 3.37. The molecule has 0 aromatic heterocycles. The van der Waals surface area contributed by atoms with Crippen molar-refractivity contribution < 1.29 is 17.9 Å². The highest BCUT2D eigenvalue weighted by Crippen LogP contribution is 2.26. The molecule has 1 fully saturated rings. The van der Waals surface area contributed by atoms with Crippen LogP contribution in [0.25, 0.3) is 0 Å². The van der Waals surface area contributed by atoms with E-state index < -0.39 is 6.36 Å². The third-order valence-corrected chi connectivity index (χ3v) is 3.38. The summed E-state index contributed by atoms with van der Waals surface area (Å²) in [5, 5.41) is 12.2. The van der Waals surface area contributed by atoms with Gasteiger partial charge in [-0.05, 0) is 30.5 Å². The fraction of sp³-hybridized carbons (Fsp3) is 0.500. The molecule has 0 amide bonds. The quantitative estimate of drug-likeness (QED) is 0.922. The van der Waals surface area contributed by atoms with E-state index in [4.69, 9.17) is 5.26 Å². The van der Waals surface area contributed by atoms with Crippen LogP contribution in [-0.2, 0) is 6.54 Å². The molecule has 20 heavy (non-hydrogen) atoms. The molecule has 1 aromatic carbocycles. The van der Waals surface area contributed by atoms with Crippen molar-refractivity contribution in [1.29, 1.82) is 5.26 Å².